The molecule has 232 valence electrons. The molecule has 2 aliphatic carbocycles. The number of amides is 2. The van der Waals surface area contributed by atoms with Gasteiger partial charge in [0, 0.05) is 11.1 Å². The number of halogens is 3. The number of allylic oxidation sites excluding steroid dienone is 3. The molecule has 4 N–H and O–H groups in total. The molecule has 0 aromatic heterocycles. The zero-order valence-corrected chi connectivity index (χ0v) is 25.4. The summed E-state index contributed by atoms with van der Waals surface area (Å²) in [6, 6.07) is 6.84. The Balaban J connectivity index is 1.38. The monoisotopic (exact) mass is 600 g/mol. The molecule has 2 aliphatic heterocycles. The summed E-state index contributed by atoms with van der Waals surface area (Å²) in [6.45, 7) is 8.94. The highest BCUT2D eigenvalue weighted by molar-refractivity contribution is 6.46. The molecule has 1 aromatic carbocycles. The molecule has 12 heteroatoms. The van der Waals surface area contributed by atoms with E-state index >= 15 is 0 Å². The van der Waals surface area contributed by atoms with Crippen LogP contribution in [0.2, 0.25) is 0 Å². The van der Waals surface area contributed by atoms with Crippen molar-refractivity contribution in [3.05, 3.63) is 58.7 Å². The van der Waals surface area contributed by atoms with Crippen LogP contribution in [0.1, 0.15) is 88.2 Å². The molecule has 1 spiro atoms. The van der Waals surface area contributed by atoms with E-state index in [4.69, 9.17) is 4.99 Å². The predicted molar refractivity (Wildman–Crippen MR) is 158 cm³/mol. The van der Waals surface area contributed by atoms with Crippen molar-refractivity contribution < 1.29 is 27.4 Å². The van der Waals surface area contributed by atoms with Crippen molar-refractivity contribution in [2.24, 2.45) is 16.3 Å². The number of nitrogens with one attached hydrogen (secondary N) is 4. The van der Waals surface area contributed by atoms with Crippen LogP contribution in [-0.4, -0.2) is 58.4 Å². The van der Waals surface area contributed by atoms with Crippen molar-refractivity contribution >= 4 is 23.4 Å². The quantitative estimate of drug-likeness (QED) is 0.361. The Labute approximate surface area is 250 Å². The Kier molecular flexibility index (Phi) is 8.19. The average Bonchev–Trinajstić information content (AvgIpc) is 3.50. The largest absolute Gasteiger partial charge is 0.412 e. The van der Waals surface area contributed by atoms with Crippen LogP contribution < -0.4 is 21.8 Å². The zero-order chi connectivity index (χ0) is 31.2. The number of rotatable bonds is 6. The number of aliphatic imine (C=N–C) groups is 1. The molecule has 1 aromatic rings. The van der Waals surface area contributed by atoms with Crippen LogP contribution in [0, 0.1) is 11.3 Å². The average molecular weight is 601 g/mol. The number of hydrazone groups is 1. The molecule has 0 bridgehead atoms. The topological polar surface area (TPSA) is 101 Å². The second-order valence-corrected chi connectivity index (χ2v) is 13.0. The molecule has 43 heavy (non-hydrogen) atoms. The lowest BCUT2D eigenvalue weighted by Crippen LogP contribution is -2.51. The van der Waals surface area contributed by atoms with Crippen LogP contribution in [0.5, 0.6) is 0 Å². The normalized spacial score (nSPS) is 25.2. The summed E-state index contributed by atoms with van der Waals surface area (Å²) in [5.74, 6) is 0.763. The second-order valence-electron chi connectivity index (χ2n) is 13.0. The molecule has 1 unspecified atom stereocenters. The van der Waals surface area contributed by atoms with Crippen molar-refractivity contribution in [1.82, 2.24) is 26.7 Å². The SMILES string of the molecule is CC(c1ccc(C(=O)NCC2=[N+](C)NNN2)cc1)N1C(=O)C(C2=CC=C(C(F)(F)F)CC2)=NC12CCC(C(C)(C)C)CC2. The molecule has 0 radical (unpaired) electrons. The van der Waals surface area contributed by atoms with Crippen LogP contribution in [-0.2, 0) is 4.79 Å². The van der Waals surface area contributed by atoms with E-state index in [1.807, 2.05) is 31.0 Å². The highest BCUT2D eigenvalue weighted by atomic mass is 19.4. The number of hydrogen-bond donors (Lipinski definition) is 4. The van der Waals surface area contributed by atoms with Crippen molar-refractivity contribution in [1.29, 1.82) is 0 Å². The van der Waals surface area contributed by atoms with Crippen LogP contribution in [0.25, 0.3) is 0 Å². The first kappa shape index (κ1) is 30.8. The maximum absolute atomic E-state index is 14.1. The van der Waals surface area contributed by atoms with Crippen LogP contribution in [0.15, 0.2) is 52.6 Å². The minimum atomic E-state index is -4.38. The fourth-order valence-corrected chi connectivity index (χ4v) is 6.55. The molecular weight excluding hydrogens is 559 g/mol. The lowest BCUT2D eigenvalue weighted by molar-refractivity contribution is -0.559. The van der Waals surface area contributed by atoms with Crippen LogP contribution >= 0.6 is 0 Å². The van der Waals surface area contributed by atoms with Crippen LogP contribution in [0.3, 0.4) is 0 Å². The molecule has 0 saturated heterocycles. The molecule has 4 aliphatic rings. The van der Waals surface area contributed by atoms with Gasteiger partial charge < -0.3 is 10.2 Å². The number of benzene rings is 1. The van der Waals surface area contributed by atoms with E-state index in [2.05, 4.69) is 42.6 Å². The molecule has 5 rings (SSSR count). The summed E-state index contributed by atoms with van der Waals surface area (Å²) < 4.78 is 41.5. The number of carbonyl (C=O) groups excluding carboxylic acids is 2. The van der Waals surface area contributed by atoms with E-state index in [0.29, 0.717) is 36.4 Å². The molecule has 1 atom stereocenters. The van der Waals surface area contributed by atoms with Crippen molar-refractivity contribution in [3.63, 3.8) is 0 Å². The maximum atomic E-state index is 14.1. The second kappa shape index (κ2) is 11.4. The summed E-state index contributed by atoms with van der Waals surface area (Å²) in [5, 5.41) is 2.88. The van der Waals surface area contributed by atoms with E-state index < -0.39 is 17.4 Å². The van der Waals surface area contributed by atoms with Gasteiger partial charge in [-0.1, -0.05) is 45.1 Å². The van der Waals surface area contributed by atoms with Gasteiger partial charge in [0.25, 0.3) is 11.8 Å². The van der Waals surface area contributed by atoms with Gasteiger partial charge in [-0.25, -0.2) is 0 Å². The molecule has 1 saturated carbocycles. The number of nitrogens with zero attached hydrogens (tertiary/aromatic N) is 3. The van der Waals surface area contributed by atoms with Crippen molar-refractivity contribution in [3.8, 4) is 0 Å². The van der Waals surface area contributed by atoms with E-state index in [0.717, 1.165) is 30.3 Å². The summed E-state index contributed by atoms with van der Waals surface area (Å²) in [7, 11) is 1.81. The van der Waals surface area contributed by atoms with E-state index in [1.54, 1.807) is 16.8 Å². The Morgan fingerprint density at radius 3 is 2.35 bits per heavy atom. The minimum Gasteiger partial charge on any atom is -0.340 e. The van der Waals surface area contributed by atoms with Crippen molar-refractivity contribution in [2.45, 2.75) is 84.1 Å². The Hall–Kier alpha value is -3.67. The van der Waals surface area contributed by atoms with Crippen LogP contribution in [0.4, 0.5) is 13.2 Å². The summed E-state index contributed by atoms with van der Waals surface area (Å²) in [6.07, 6.45) is 1.27. The maximum Gasteiger partial charge on any atom is 0.412 e. The first-order valence-corrected chi connectivity index (χ1v) is 14.8. The fourth-order valence-electron chi connectivity index (χ4n) is 6.55. The number of carbonyl (C=O) groups is 2. The first-order chi connectivity index (χ1) is 20.2. The Bertz CT molecular complexity index is 1400. The number of hydrazine groups is 3. The van der Waals surface area contributed by atoms with E-state index in [-0.39, 0.29) is 41.8 Å². The first-order valence-electron chi connectivity index (χ1n) is 14.8. The highest BCUT2D eigenvalue weighted by Crippen LogP contribution is 2.49. The molecular formula is C31H41F3N7O2+. The van der Waals surface area contributed by atoms with Gasteiger partial charge in [-0.3, -0.25) is 14.6 Å². The summed E-state index contributed by atoms with van der Waals surface area (Å²) >= 11 is 0. The minimum absolute atomic E-state index is 0.124. The number of amidine groups is 1. The van der Waals surface area contributed by atoms with Gasteiger partial charge in [-0.05, 0) is 85.6 Å². The van der Waals surface area contributed by atoms with Gasteiger partial charge in [0.1, 0.15) is 25.0 Å². The van der Waals surface area contributed by atoms with Gasteiger partial charge in [0.05, 0.1) is 6.04 Å². The predicted octanol–water partition coefficient (Wildman–Crippen LogP) is 4.47. The zero-order valence-electron chi connectivity index (χ0n) is 25.4. The van der Waals surface area contributed by atoms with E-state index in [9.17, 15) is 22.8 Å². The van der Waals surface area contributed by atoms with Gasteiger partial charge in [0.15, 0.2) is 0 Å². The highest BCUT2D eigenvalue weighted by Gasteiger charge is 2.52. The lowest BCUT2D eigenvalue weighted by atomic mass is 9.69. The summed E-state index contributed by atoms with van der Waals surface area (Å²) in [4.78, 5) is 33.8. The van der Waals surface area contributed by atoms with Gasteiger partial charge in [-0.15, -0.1) is 4.68 Å². The third-order valence-electron chi connectivity index (χ3n) is 9.31. The number of hydrogen-bond acceptors (Lipinski definition) is 6. The molecule has 2 amide bonds. The van der Waals surface area contributed by atoms with Gasteiger partial charge in [0.2, 0.25) is 0 Å². The van der Waals surface area contributed by atoms with E-state index in [1.165, 1.54) is 6.08 Å². The third-order valence-corrected chi connectivity index (χ3v) is 9.31. The Morgan fingerprint density at radius 1 is 1.14 bits per heavy atom. The molecule has 9 nitrogen and oxygen atoms in total. The van der Waals surface area contributed by atoms with Gasteiger partial charge in [-0.2, -0.15) is 24.1 Å². The fraction of sp³-hybridized carbons (Fsp3) is 0.548. The number of alkyl halides is 3. The standard InChI is InChI=1S/C31H40F3N7O2/c1-19(20-6-8-22(9-7-20)27(42)35-18-25-37-38-39-40(25)5)41-28(43)26(21-10-12-24(13-11-21)31(32,33)34)36-30(41)16-14-23(15-17-30)29(2,3)4/h6-10,12,19,23H,11,13-18H2,1-5H3,(H3,35,36,38,39,42,43)/p+1. The Morgan fingerprint density at radius 2 is 1.81 bits per heavy atom. The van der Waals surface area contributed by atoms with Crippen molar-refractivity contribution in [2.75, 3.05) is 13.6 Å². The third kappa shape index (κ3) is 6.20. The lowest BCUT2D eigenvalue weighted by Gasteiger charge is -2.46. The smallest absolute Gasteiger partial charge is 0.340 e. The summed E-state index contributed by atoms with van der Waals surface area (Å²) in [5.41, 5.74) is 9.47. The molecule has 1 fully saturated rings. The van der Waals surface area contributed by atoms with Gasteiger partial charge >= 0.3 is 12.0 Å². The molecule has 2 heterocycles.